The maximum atomic E-state index is 14.6. The van der Waals surface area contributed by atoms with E-state index in [-0.39, 0.29) is 18.2 Å². The quantitative estimate of drug-likeness (QED) is 0.787. The van der Waals surface area contributed by atoms with Crippen LogP contribution in [-0.2, 0) is 12.1 Å². The van der Waals surface area contributed by atoms with Gasteiger partial charge in [-0.1, -0.05) is 24.6 Å². The van der Waals surface area contributed by atoms with Crippen LogP contribution in [0.25, 0.3) is 0 Å². The van der Waals surface area contributed by atoms with Crippen molar-refractivity contribution in [2.45, 2.75) is 51.3 Å². The van der Waals surface area contributed by atoms with Crippen LogP contribution in [0.5, 0.6) is 0 Å². The van der Waals surface area contributed by atoms with Crippen LogP contribution in [0, 0.1) is 11.6 Å². The summed E-state index contributed by atoms with van der Waals surface area (Å²) in [6.07, 6.45) is 7.99. The van der Waals surface area contributed by atoms with Gasteiger partial charge in [0.15, 0.2) is 0 Å². The molecule has 1 fully saturated rings. The zero-order valence-corrected chi connectivity index (χ0v) is 15.8. The molecule has 1 aliphatic heterocycles. The second kappa shape index (κ2) is 8.27. The maximum absolute atomic E-state index is 14.6. The van der Waals surface area contributed by atoms with Gasteiger partial charge < -0.3 is 5.11 Å². The summed E-state index contributed by atoms with van der Waals surface area (Å²) in [5.41, 5.74) is -0.0761. The summed E-state index contributed by atoms with van der Waals surface area (Å²) < 4.78 is 29.5. The normalized spacial score (nSPS) is 18.9. The molecule has 1 aromatic carbocycles. The summed E-state index contributed by atoms with van der Waals surface area (Å²) in [6, 6.07) is 2.93. The van der Waals surface area contributed by atoms with Crippen LogP contribution in [0.3, 0.4) is 0 Å². The van der Waals surface area contributed by atoms with Gasteiger partial charge in [-0.3, -0.25) is 4.90 Å². The minimum atomic E-state index is -1.57. The third kappa shape index (κ3) is 4.25. The number of allylic oxidation sites excluding steroid dienone is 1. The molecule has 2 aromatic rings. The van der Waals surface area contributed by atoms with Crippen molar-refractivity contribution < 1.29 is 13.9 Å². The number of likely N-dealkylation sites (tertiary alicyclic amines) is 1. The van der Waals surface area contributed by atoms with E-state index in [0.717, 1.165) is 38.4 Å². The predicted octanol–water partition coefficient (Wildman–Crippen LogP) is 3.26. The number of hydrogen-bond acceptors (Lipinski definition) is 4. The van der Waals surface area contributed by atoms with E-state index in [9.17, 15) is 13.9 Å². The molecule has 2 heterocycles. The fourth-order valence-corrected chi connectivity index (χ4v) is 3.84. The fourth-order valence-electron chi connectivity index (χ4n) is 3.84. The minimum absolute atomic E-state index is 0.0326. The van der Waals surface area contributed by atoms with Crippen molar-refractivity contribution in [1.29, 1.82) is 0 Å². The van der Waals surface area contributed by atoms with Crippen LogP contribution >= 0.6 is 0 Å². The van der Waals surface area contributed by atoms with E-state index in [4.69, 9.17) is 0 Å². The first kappa shape index (κ1) is 19.6. The van der Waals surface area contributed by atoms with Gasteiger partial charge in [0.2, 0.25) is 0 Å². The van der Waals surface area contributed by atoms with Crippen LogP contribution in [-0.4, -0.2) is 43.9 Å². The molecule has 1 N–H and O–H groups in total. The molecular formula is C20H26F2N4O. The second-order valence-electron chi connectivity index (χ2n) is 7.12. The molecule has 7 heteroatoms. The first-order valence-electron chi connectivity index (χ1n) is 9.36. The van der Waals surface area contributed by atoms with Crippen molar-refractivity contribution in [2.75, 3.05) is 13.1 Å². The molecule has 0 bridgehead atoms. The average Bonchev–Trinajstić information content (AvgIpc) is 3.14. The maximum Gasteiger partial charge on any atom is 0.137 e. The molecule has 2 atom stereocenters. The van der Waals surface area contributed by atoms with E-state index in [1.807, 2.05) is 6.92 Å². The van der Waals surface area contributed by atoms with E-state index >= 15 is 0 Å². The topological polar surface area (TPSA) is 54.2 Å². The highest BCUT2D eigenvalue weighted by molar-refractivity contribution is 5.27. The molecule has 0 unspecified atom stereocenters. The molecular weight excluding hydrogens is 350 g/mol. The van der Waals surface area contributed by atoms with E-state index in [0.29, 0.717) is 0 Å². The van der Waals surface area contributed by atoms with Crippen LogP contribution < -0.4 is 0 Å². The van der Waals surface area contributed by atoms with Crippen LogP contribution in [0.2, 0.25) is 0 Å². The lowest BCUT2D eigenvalue weighted by Gasteiger charge is -2.43. The summed E-state index contributed by atoms with van der Waals surface area (Å²) in [4.78, 5) is 6.06. The third-order valence-electron chi connectivity index (χ3n) is 5.44. The number of halogens is 2. The summed E-state index contributed by atoms with van der Waals surface area (Å²) in [7, 11) is 0. The van der Waals surface area contributed by atoms with Crippen molar-refractivity contribution in [3.63, 3.8) is 0 Å². The van der Waals surface area contributed by atoms with Gasteiger partial charge in [0.1, 0.15) is 29.9 Å². The first-order chi connectivity index (χ1) is 12.9. The third-order valence-corrected chi connectivity index (χ3v) is 5.44. The van der Waals surface area contributed by atoms with Gasteiger partial charge in [-0.25, -0.2) is 18.4 Å². The van der Waals surface area contributed by atoms with Crippen LogP contribution in [0.4, 0.5) is 8.78 Å². The van der Waals surface area contributed by atoms with Gasteiger partial charge in [0.25, 0.3) is 0 Å². The number of aliphatic hydroxyl groups is 1. The summed E-state index contributed by atoms with van der Waals surface area (Å²) in [6.45, 7) is 5.61. The smallest absolute Gasteiger partial charge is 0.137 e. The number of piperidine rings is 1. The van der Waals surface area contributed by atoms with E-state index in [1.165, 1.54) is 35.0 Å². The predicted molar refractivity (Wildman–Crippen MR) is 98.9 cm³/mol. The van der Waals surface area contributed by atoms with Crippen LogP contribution in [0.1, 0.15) is 38.7 Å². The SMILES string of the molecule is CCC=C1CCN([C@@H](C)[C@@](O)(Cn2cncn2)c2ccc(F)cc2F)CC1. The van der Waals surface area contributed by atoms with Gasteiger partial charge in [0.05, 0.1) is 6.54 Å². The first-order valence-corrected chi connectivity index (χ1v) is 9.36. The Kier molecular flexibility index (Phi) is 6.01. The molecule has 146 valence electrons. The standard InChI is InChI=1S/C20H26F2N4O/c1-3-4-16-7-9-25(10-8-16)15(2)20(27,12-26-14-23-13-24-26)18-6-5-17(21)11-19(18)22/h4-6,11,13-15,27H,3,7-10,12H2,1-2H3/t15-,20-/m0/s1. The molecule has 0 saturated carbocycles. The molecule has 0 spiro atoms. The largest absolute Gasteiger partial charge is 0.381 e. The van der Waals surface area contributed by atoms with Gasteiger partial charge in [0, 0.05) is 30.8 Å². The van der Waals surface area contributed by atoms with Gasteiger partial charge >= 0.3 is 0 Å². The van der Waals surface area contributed by atoms with E-state index < -0.39 is 17.2 Å². The number of hydrogen-bond donors (Lipinski definition) is 1. The average molecular weight is 376 g/mol. The van der Waals surface area contributed by atoms with Crippen molar-refractivity contribution in [3.05, 3.63) is 59.7 Å². The molecule has 1 aliphatic rings. The molecule has 0 amide bonds. The van der Waals surface area contributed by atoms with E-state index in [1.54, 1.807) is 0 Å². The Morgan fingerprint density at radius 2 is 2.04 bits per heavy atom. The van der Waals surface area contributed by atoms with Gasteiger partial charge in [-0.2, -0.15) is 5.10 Å². The summed E-state index contributed by atoms with van der Waals surface area (Å²) in [5.74, 6) is -1.42. The monoisotopic (exact) mass is 376 g/mol. The molecule has 27 heavy (non-hydrogen) atoms. The highest BCUT2D eigenvalue weighted by Crippen LogP contribution is 2.34. The Morgan fingerprint density at radius 3 is 2.63 bits per heavy atom. The van der Waals surface area contributed by atoms with Crippen molar-refractivity contribution in [2.24, 2.45) is 0 Å². The Morgan fingerprint density at radius 1 is 1.30 bits per heavy atom. The zero-order valence-electron chi connectivity index (χ0n) is 15.8. The molecule has 1 saturated heterocycles. The fraction of sp³-hybridized carbons (Fsp3) is 0.500. The second-order valence-corrected chi connectivity index (χ2v) is 7.12. The Hall–Kier alpha value is -2.12. The molecule has 0 aliphatic carbocycles. The Bertz CT molecular complexity index is 783. The Labute approximate surface area is 158 Å². The summed E-state index contributed by atoms with van der Waals surface area (Å²) >= 11 is 0. The van der Waals surface area contributed by atoms with Gasteiger partial charge in [-0.15, -0.1) is 0 Å². The number of aromatic nitrogens is 3. The molecule has 1 aromatic heterocycles. The van der Waals surface area contributed by atoms with Crippen molar-refractivity contribution in [3.8, 4) is 0 Å². The molecule has 3 rings (SSSR count). The lowest BCUT2D eigenvalue weighted by atomic mass is 9.84. The number of rotatable bonds is 6. The summed E-state index contributed by atoms with van der Waals surface area (Å²) in [5, 5.41) is 15.7. The number of benzene rings is 1. The lowest BCUT2D eigenvalue weighted by molar-refractivity contribution is -0.0657. The lowest BCUT2D eigenvalue weighted by Crippen LogP contribution is -2.53. The zero-order chi connectivity index (χ0) is 19.4. The van der Waals surface area contributed by atoms with Crippen molar-refractivity contribution >= 4 is 0 Å². The Balaban J connectivity index is 1.91. The molecule has 5 nitrogen and oxygen atoms in total. The van der Waals surface area contributed by atoms with Crippen LogP contribution in [0.15, 0.2) is 42.5 Å². The minimum Gasteiger partial charge on any atom is -0.381 e. The highest BCUT2D eigenvalue weighted by atomic mass is 19.1. The number of nitrogens with zero attached hydrogens (tertiary/aromatic N) is 4. The van der Waals surface area contributed by atoms with Gasteiger partial charge in [-0.05, 0) is 32.3 Å². The van der Waals surface area contributed by atoms with Crippen molar-refractivity contribution in [1.82, 2.24) is 19.7 Å². The molecule has 0 radical (unpaired) electrons. The van der Waals surface area contributed by atoms with E-state index in [2.05, 4.69) is 28.0 Å². The highest BCUT2D eigenvalue weighted by Gasteiger charge is 2.42.